The fraction of sp³-hybridized carbons (Fsp3) is 0.833. The molecule has 60 valence electrons. The summed E-state index contributed by atoms with van der Waals surface area (Å²) in [6.07, 6.45) is 3.52. The molecule has 5 heteroatoms. The molecule has 0 aromatic carbocycles. The molecule has 0 bridgehead atoms. The molecule has 1 aliphatic rings. The third kappa shape index (κ3) is 1.98. The maximum absolute atomic E-state index is 3.85. The summed E-state index contributed by atoms with van der Waals surface area (Å²) in [6, 6.07) is 0.766. The molecule has 1 saturated carbocycles. The standard InChI is InChI=1S/C6H11N5/c1-2-5(1)7-4-3-6-8-10-11-9-6/h5,7H,1-4H2,(H,8,9,10,11). The summed E-state index contributed by atoms with van der Waals surface area (Å²) in [6.45, 7) is 0.962. The normalized spacial score (nSPS) is 17.1. The van der Waals surface area contributed by atoms with E-state index in [1.165, 1.54) is 12.8 Å². The van der Waals surface area contributed by atoms with Gasteiger partial charge in [0.1, 0.15) is 0 Å². The highest BCUT2D eigenvalue weighted by atomic mass is 15.5. The Hall–Kier alpha value is -0.970. The first kappa shape index (κ1) is 6.72. The number of aromatic nitrogens is 4. The second kappa shape index (κ2) is 2.96. The Morgan fingerprint density at radius 2 is 2.45 bits per heavy atom. The molecule has 0 amide bonds. The molecular formula is C6H11N5. The van der Waals surface area contributed by atoms with Gasteiger partial charge in [-0.25, -0.2) is 0 Å². The smallest absolute Gasteiger partial charge is 0.175 e. The molecule has 2 rings (SSSR count). The van der Waals surface area contributed by atoms with Crippen LogP contribution >= 0.6 is 0 Å². The molecule has 1 heterocycles. The lowest BCUT2D eigenvalue weighted by molar-refractivity contribution is 0.666. The predicted molar refractivity (Wildman–Crippen MR) is 38.9 cm³/mol. The lowest BCUT2D eigenvalue weighted by Crippen LogP contribution is -2.19. The van der Waals surface area contributed by atoms with Crippen LogP contribution in [0, 0.1) is 0 Å². The summed E-state index contributed by atoms with van der Waals surface area (Å²) in [5, 5.41) is 17.0. The fourth-order valence-electron chi connectivity index (χ4n) is 0.964. The van der Waals surface area contributed by atoms with Crippen molar-refractivity contribution in [3.63, 3.8) is 0 Å². The van der Waals surface area contributed by atoms with Crippen molar-refractivity contribution in [2.75, 3.05) is 6.54 Å². The molecule has 11 heavy (non-hydrogen) atoms. The summed E-state index contributed by atoms with van der Waals surface area (Å²) in [7, 11) is 0. The summed E-state index contributed by atoms with van der Waals surface area (Å²) in [4.78, 5) is 0. The van der Waals surface area contributed by atoms with E-state index in [-0.39, 0.29) is 0 Å². The van der Waals surface area contributed by atoms with Crippen LogP contribution in [0.5, 0.6) is 0 Å². The number of aromatic amines is 1. The van der Waals surface area contributed by atoms with Gasteiger partial charge in [0.2, 0.25) is 0 Å². The highest BCUT2D eigenvalue weighted by Crippen LogP contribution is 2.18. The molecule has 0 saturated heterocycles. The average molecular weight is 153 g/mol. The van der Waals surface area contributed by atoms with Crippen molar-refractivity contribution in [2.24, 2.45) is 0 Å². The average Bonchev–Trinajstić information content (AvgIpc) is 2.66. The quantitative estimate of drug-likeness (QED) is 0.611. The number of nitrogens with zero attached hydrogens (tertiary/aromatic N) is 3. The van der Waals surface area contributed by atoms with Gasteiger partial charge in [0, 0.05) is 19.0 Å². The molecule has 2 N–H and O–H groups in total. The molecule has 5 nitrogen and oxygen atoms in total. The molecule has 0 aliphatic heterocycles. The van der Waals surface area contributed by atoms with Crippen LogP contribution in [-0.2, 0) is 6.42 Å². The van der Waals surface area contributed by atoms with Crippen molar-refractivity contribution in [1.82, 2.24) is 25.9 Å². The van der Waals surface area contributed by atoms with Gasteiger partial charge in [0.15, 0.2) is 5.82 Å². The van der Waals surface area contributed by atoms with Crippen LogP contribution in [0.4, 0.5) is 0 Å². The molecular weight excluding hydrogens is 142 g/mol. The highest BCUT2D eigenvalue weighted by Gasteiger charge is 2.19. The zero-order chi connectivity index (χ0) is 7.52. The van der Waals surface area contributed by atoms with E-state index >= 15 is 0 Å². The number of hydrogen-bond donors (Lipinski definition) is 2. The van der Waals surface area contributed by atoms with Crippen molar-refractivity contribution in [1.29, 1.82) is 0 Å². The second-order valence-electron chi connectivity index (χ2n) is 2.81. The zero-order valence-corrected chi connectivity index (χ0v) is 6.25. The predicted octanol–water partition coefficient (Wildman–Crippen LogP) is -0.506. The minimum Gasteiger partial charge on any atom is -0.314 e. The zero-order valence-electron chi connectivity index (χ0n) is 6.25. The van der Waals surface area contributed by atoms with E-state index in [1.807, 2.05) is 0 Å². The second-order valence-corrected chi connectivity index (χ2v) is 2.81. The minimum absolute atomic E-state index is 0.766. The summed E-state index contributed by atoms with van der Waals surface area (Å²) >= 11 is 0. The third-order valence-electron chi connectivity index (χ3n) is 1.75. The first-order chi connectivity index (χ1) is 5.45. The molecule has 0 radical (unpaired) electrons. The largest absolute Gasteiger partial charge is 0.314 e. The van der Waals surface area contributed by atoms with E-state index in [0.717, 1.165) is 24.8 Å². The SMILES string of the molecule is C(Cc1nn[nH]n1)NC1CC1. The van der Waals surface area contributed by atoms with Crippen molar-refractivity contribution in [3.05, 3.63) is 5.82 Å². The van der Waals surface area contributed by atoms with Crippen molar-refractivity contribution >= 4 is 0 Å². The molecule has 1 aromatic rings. The Kier molecular flexibility index (Phi) is 1.81. The van der Waals surface area contributed by atoms with Gasteiger partial charge in [0.05, 0.1) is 0 Å². The Morgan fingerprint density at radius 3 is 3.09 bits per heavy atom. The van der Waals surface area contributed by atoms with E-state index in [4.69, 9.17) is 0 Å². The molecule has 0 spiro atoms. The maximum atomic E-state index is 3.85. The van der Waals surface area contributed by atoms with Gasteiger partial charge < -0.3 is 5.32 Å². The Bertz CT molecular complexity index is 203. The Morgan fingerprint density at radius 1 is 1.55 bits per heavy atom. The summed E-state index contributed by atoms with van der Waals surface area (Å²) in [5.41, 5.74) is 0. The summed E-state index contributed by atoms with van der Waals surface area (Å²) in [5.74, 6) is 0.790. The van der Waals surface area contributed by atoms with E-state index < -0.39 is 0 Å². The minimum atomic E-state index is 0.766. The van der Waals surface area contributed by atoms with Crippen molar-refractivity contribution in [2.45, 2.75) is 25.3 Å². The topological polar surface area (TPSA) is 66.5 Å². The molecule has 1 aliphatic carbocycles. The lowest BCUT2D eigenvalue weighted by atomic mass is 10.4. The van der Waals surface area contributed by atoms with E-state index in [0.29, 0.717) is 0 Å². The monoisotopic (exact) mass is 153 g/mol. The van der Waals surface area contributed by atoms with Gasteiger partial charge >= 0.3 is 0 Å². The number of rotatable bonds is 4. The number of tetrazole rings is 1. The van der Waals surface area contributed by atoms with Crippen LogP contribution in [0.15, 0.2) is 0 Å². The summed E-state index contributed by atoms with van der Waals surface area (Å²) < 4.78 is 0. The van der Waals surface area contributed by atoms with Crippen LogP contribution in [-0.4, -0.2) is 33.2 Å². The Balaban J connectivity index is 1.66. The maximum Gasteiger partial charge on any atom is 0.175 e. The third-order valence-corrected chi connectivity index (χ3v) is 1.75. The molecule has 1 fully saturated rings. The number of nitrogens with one attached hydrogen (secondary N) is 2. The van der Waals surface area contributed by atoms with Gasteiger partial charge in [-0.2, -0.15) is 5.21 Å². The van der Waals surface area contributed by atoms with Gasteiger partial charge in [-0.15, -0.1) is 10.2 Å². The number of hydrogen-bond acceptors (Lipinski definition) is 4. The van der Waals surface area contributed by atoms with Crippen LogP contribution < -0.4 is 5.32 Å². The van der Waals surface area contributed by atoms with Crippen LogP contribution in [0.3, 0.4) is 0 Å². The first-order valence-corrected chi connectivity index (χ1v) is 3.91. The molecule has 0 atom stereocenters. The van der Waals surface area contributed by atoms with Gasteiger partial charge in [-0.1, -0.05) is 5.21 Å². The number of H-pyrrole nitrogens is 1. The van der Waals surface area contributed by atoms with E-state index in [1.54, 1.807) is 0 Å². The van der Waals surface area contributed by atoms with Crippen LogP contribution in [0.1, 0.15) is 18.7 Å². The van der Waals surface area contributed by atoms with Crippen molar-refractivity contribution < 1.29 is 0 Å². The van der Waals surface area contributed by atoms with Crippen molar-refractivity contribution in [3.8, 4) is 0 Å². The molecule has 0 unspecified atom stereocenters. The first-order valence-electron chi connectivity index (χ1n) is 3.91. The van der Waals surface area contributed by atoms with Gasteiger partial charge in [-0.05, 0) is 12.8 Å². The van der Waals surface area contributed by atoms with Gasteiger partial charge in [-0.3, -0.25) is 0 Å². The fourth-order valence-corrected chi connectivity index (χ4v) is 0.964. The Labute approximate surface area is 64.6 Å². The van der Waals surface area contributed by atoms with E-state index in [2.05, 4.69) is 25.9 Å². The van der Waals surface area contributed by atoms with Gasteiger partial charge in [0.25, 0.3) is 0 Å². The molecule has 1 aromatic heterocycles. The van der Waals surface area contributed by atoms with Crippen LogP contribution in [0.25, 0.3) is 0 Å². The van der Waals surface area contributed by atoms with E-state index in [9.17, 15) is 0 Å². The highest BCUT2D eigenvalue weighted by molar-refractivity contribution is 4.83. The van der Waals surface area contributed by atoms with Crippen LogP contribution in [0.2, 0.25) is 0 Å². The lowest BCUT2D eigenvalue weighted by Gasteiger charge is -1.96.